The highest BCUT2D eigenvalue weighted by molar-refractivity contribution is 5.88. The average Bonchev–Trinajstić information content (AvgIpc) is 2.09. The van der Waals surface area contributed by atoms with E-state index >= 15 is 0 Å². The first-order chi connectivity index (χ1) is 8.80. The van der Waals surface area contributed by atoms with Crippen LogP contribution < -0.4 is 5.32 Å². The number of hydrogen-bond donors (Lipinski definition) is 1. The molecule has 0 aromatic carbocycles. The second kappa shape index (κ2) is 6.72. The van der Waals surface area contributed by atoms with Gasteiger partial charge in [-0.1, -0.05) is 0 Å². The van der Waals surface area contributed by atoms with Gasteiger partial charge < -0.3 is 14.8 Å². The summed E-state index contributed by atoms with van der Waals surface area (Å²) in [4.78, 5) is 34.8. The summed E-state index contributed by atoms with van der Waals surface area (Å²) in [5, 5.41) is 2.37. The van der Waals surface area contributed by atoms with Gasteiger partial charge in [-0.25, -0.2) is 9.59 Å². The third kappa shape index (κ3) is 9.35. The van der Waals surface area contributed by atoms with E-state index in [1.165, 1.54) is 6.92 Å². The molecule has 0 heterocycles. The molecule has 0 aromatic rings. The highest BCUT2D eigenvalue weighted by atomic mass is 16.6. The number of ether oxygens (including phenoxy) is 2. The Bertz CT molecular complexity index is 376. The summed E-state index contributed by atoms with van der Waals surface area (Å²) in [7, 11) is 0. The molecule has 0 aliphatic carbocycles. The molecule has 20 heavy (non-hydrogen) atoms. The Hall–Kier alpha value is -1.59. The van der Waals surface area contributed by atoms with Crippen molar-refractivity contribution in [1.29, 1.82) is 0 Å². The van der Waals surface area contributed by atoms with Gasteiger partial charge in [0.15, 0.2) is 0 Å². The van der Waals surface area contributed by atoms with Crippen LogP contribution in [0.2, 0.25) is 0 Å². The zero-order chi connectivity index (χ0) is 16.1. The molecule has 0 aliphatic heterocycles. The number of carbonyl (C=O) groups excluding carboxylic acids is 3. The van der Waals surface area contributed by atoms with Crippen LogP contribution in [0.4, 0.5) is 4.79 Å². The van der Waals surface area contributed by atoms with Gasteiger partial charge in [-0.15, -0.1) is 0 Å². The van der Waals surface area contributed by atoms with E-state index < -0.39 is 29.3 Å². The topological polar surface area (TPSA) is 81.7 Å². The lowest BCUT2D eigenvalue weighted by molar-refractivity contribution is -0.158. The van der Waals surface area contributed by atoms with Crippen molar-refractivity contribution >= 4 is 17.8 Å². The lowest BCUT2D eigenvalue weighted by atomic mass is 10.1. The number of carbonyl (C=O) groups is 3. The molecule has 1 amide bonds. The number of amides is 1. The van der Waals surface area contributed by atoms with E-state index in [9.17, 15) is 14.4 Å². The van der Waals surface area contributed by atoms with E-state index in [0.29, 0.717) is 0 Å². The van der Waals surface area contributed by atoms with E-state index in [4.69, 9.17) is 9.47 Å². The number of hydrogen-bond acceptors (Lipinski definition) is 5. The molecular formula is C14H25NO5. The number of alkyl carbamates (subject to hydrolysis) is 1. The Morgan fingerprint density at radius 1 is 0.950 bits per heavy atom. The van der Waals surface area contributed by atoms with Crippen LogP contribution in [-0.2, 0) is 19.1 Å². The Labute approximate surface area is 120 Å². The van der Waals surface area contributed by atoms with Crippen LogP contribution in [0.3, 0.4) is 0 Å². The first kappa shape index (κ1) is 18.4. The second-order valence-corrected chi connectivity index (χ2v) is 6.64. The Morgan fingerprint density at radius 2 is 1.40 bits per heavy atom. The summed E-state index contributed by atoms with van der Waals surface area (Å²) in [5.74, 6) is -0.879. The SMILES string of the molecule is CC(=O)C[C@@H](NC(=O)OC(C)(C)C)C(=O)OC(C)(C)C. The third-order valence-corrected chi connectivity index (χ3v) is 1.87. The fourth-order valence-electron chi connectivity index (χ4n) is 1.30. The van der Waals surface area contributed by atoms with Gasteiger partial charge in [-0.2, -0.15) is 0 Å². The molecule has 0 bridgehead atoms. The van der Waals surface area contributed by atoms with Crippen LogP contribution in [0.1, 0.15) is 54.9 Å². The van der Waals surface area contributed by atoms with Gasteiger partial charge in [0, 0.05) is 6.42 Å². The van der Waals surface area contributed by atoms with Gasteiger partial charge in [-0.3, -0.25) is 4.79 Å². The smallest absolute Gasteiger partial charge is 0.408 e. The minimum Gasteiger partial charge on any atom is -0.458 e. The number of Topliss-reactive ketones (excluding diaryl/α,β-unsaturated/α-hetero) is 1. The van der Waals surface area contributed by atoms with Crippen molar-refractivity contribution in [3.8, 4) is 0 Å². The van der Waals surface area contributed by atoms with Crippen molar-refractivity contribution in [2.24, 2.45) is 0 Å². The number of rotatable bonds is 4. The van der Waals surface area contributed by atoms with Gasteiger partial charge in [-0.05, 0) is 48.5 Å². The van der Waals surface area contributed by atoms with Crippen molar-refractivity contribution in [3.05, 3.63) is 0 Å². The molecule has 0 saturated carbocycles. The maximum absolute atomic E-state index is 12.0. The zero-order valence-electron chi connectivity index (χ0n) is 13.3. The highest BCUT2D eigenvalue weighted by Gasteiger charge is 2.29. The van der Waals surface area contributed by atoms with Crippen molar-refractivity contribution in [3.63, 3.8) is 0 Å². The molecule has 0 unspecified atom stereocenters. The average molecular weight is 287 g/mol. The second-order valence-electron chi connectivity index (χ2n) is 6.64. The lowest BCUT2D eigenvalue weighted by Crippen LogP contribution is -2.46. The van der Waals surface area contributed by atoms with E-state index in [-0.39, 0.29) is 12.2 Å². The molecule has 0 fully saturated rings. The molecule has 0 rings (SSSR count). The molecule has 1 N–H and O–H groups in total. The summed E-state index contributed by atoms with van der Waals surface area (Å²) in [6, 6.07) is -1.04. The minimum atomic E-state index is -1.04. The molecule has 0 saturated heterocycles. The summed E-state index contributed by atoms with van der Waals surface area (Å²) in [5.41, 5.74) is -1.37. The highest BCUT2D eigenvalue weighted by Crippen LogP contribution is 2.11. The quantitative estimate of drug-likeness (QED) is 0.802. The standard InChI is InChI=1S/C14H25NO5/c1-9(16)8-10(11(17)19-13(2,3)4)15-12(18)20-14(5,6)7/h10H,8H2,1-7H3,(H,15,18)/t10-/m1/s1. The summed E-state index contributed by atoms with van der Waals surface area (Å²) < 4.78 is 10.2. The van der Waals surface area contributed by atoms with Gasteiger partial charge in [0.25, 0.3) is 0 Å². The first-order valence-corrected chi connectivity index (χ1v) is 6.52. The van der Waals surface area contributed by atoms with Crippen LogP contribution in [0, 0.1) is 0 Å². The predicted molar refractivity (Wildman–Crippen MR) is 74.3 cm³/mol. The minimum absolute atomic E-state index is 0.131. The molecule has 0 aliphatic rings. The van der Waals surface area contributed by atoms with Crippen LogP contribution in [0.5, 0.6) is 0 Å². The fraction of sp³-hybridized carbons (Fsp3) is 0.786. The van der Waals surface area contributed by atoms with Gasteiger partial charge in [0.1, 0.15) is 23.0 Å². The van der Waals surface area contributed by atoms with Crippen LogP contribution >= 0.6 is 0 Å². The number of ketones is 1. The molecular weight excluding hydrogens is 262 g/mol. The van der Waals surface area contributed by atoms with Gasteiger partial charge in [0.2, 0.25) is 0 Å². The van der Waals surface area contributed by atoms with Crippen molar-refractivity contribution in [2.75, 3.05) is 0 Å². The normalized spacial score (nSPS) is 13.3. The van der Waals surface area contributed by atoms with E-state index in [1.807, 2.05) is 0 Å². The van der Waals surface area contributed by atoms with Crippen LogP contribution in [-0.4, -0.2) is 35.1 Å². The van der Waals surface area contributed by atoms with E-state index in [2.05, 4.69) is 5.32 Å². The van der Waals surface area contributed by atoms with Crippen LogP contribution in [0.25, 0.3) is 0 Å². The largest absolute Gasteiger partial charge is 0.458 e. The third-order valence-electron chi connectivity index (χ3n) is 1.87. The fourth-order valence-corrected chi connectivity index (χ4v) is 1.30. The maximum atomic E-state index is 12.0. The van der Waals surface area contributed by atoms with E-state index in [0.717, 1.165) is 0 Å². The van der Waals surface area contributed by atoms with Crippen molar-refractivity contribution < 1.29 is 23.9 Å². The van der Waals surface area contributed by atoms with Crippen molar-refractivity contribution in [1.82, 2.24) is 5.32 Å². The summed E-state index contributed by atoms with van der Waals surface area (Å²) in [6.45, 7) is 11.6. The summed E-state index contributed by atoms with van der Waals surface area (Å²) >= 11 is 0. The zero-order valence-corrected chi connectivity index (χ0v) is 13.3. The summed E-state index contributed by atoms with van der Waals surface area (Å²) in [6.07, 6.45) is -0.886. The number of nitrogens with one attached hydrogen (secondary N) is 1. The van der Waals surface area contributed by atoms with Gasteiger partial charge >= 0.3 is 12.1 Å². The molecule has 0 aromatic heterocycles. The Morgan fingerprint density at radius 3 is 1.75 bits per heavy atom. The molecule has 1 atom stereocenters. The van der Waals surface area contributed by atoms with Crippen LogP contribution in [0.15, 0.2) is 0 Å². The molecule has 6 nitrogen and oxygen atoms in total. The molecule has 0 radical (unpaired) electrons. The maximum Gasteiger partial charge on any atom is 0.408 e. The monoisotopic (exact) mass is 287 g/mol. The first-order valence-electron chi connectivity index (χ1n) is 6.52. The van der Waals surface area contributed by atoms with Crippen molar-refractivity contribution in [2.45, 2.75) is 72.1 Å². The Balaban J connectivity index is 4.77. The predicted octanol–water partition coefficient (Wildman–Crippen LogP) is 2.20. The molecule has 116 valence electrons. The van der Waals surface area contributed by atoms with E-state index in [1.54, 1.807) is 41.5 Å². The molecule has 6 heteroatoms. The Kier molecular flexibility index (Phi) is 6.19. The molecule has 0 spiro atoms. The lowest BCUT2D eigenvalue weighted by Gasteiger charge is -2.25. The number of esters is 1. The van der Waals surface area contributed by atoms with Gasteiger partial charge in [0.05, 0.1) is 0 Å².